The lowest BCUT2D eigenvalue weighted by Gasteiger charge is -2.31. The number of hydrogen-bond acceptors (Lipinski definition) is 6. The largest absolute Gasteiger partial charge is 0.274 e. The van der Waals surface area contributed by atoms with Gasteiger partial charge in [0, 0.05) is 69.0 Å². The van der Waals surface area contributed by atoms with Gasteiger partial charge < -0.3 is 0 Å². The van der Waals surface area contributed by atoms with Crippen molar-refractivity contribution in [1.29, 1.82) is 0 Å². The first-order chi connectivity index (χ1) is 15.5. The van der Waals surface area contributed by atoms with Crippen LogP contribution >= 0.6 is 0 Å². The molecule has 0 N–H and O–H groups in total. The summed E-state index contributed by atoms with van der Waals surface area (Å²) in [6, 6.07) is 5.97. The maximum absolute atomic E-state index is 13.0. The maximum atomic E-state index is 13.0. The van der Waals surface area contributed by atoms with Crippen molar-refractivity contribution in [3.05, 3.63) is 67.4 Å². The summed E-state index contributed by atoms with van der Waals surface area (Å²) < 4.78 is 0. The predicted octanol–water partition coefficient (Wildman–Crippen LogP) is 3.43. The highest BCUT2D eigenvalue weighted by Gasteiger charge is 2.39. The molecule has 0 saturated carbocycles. The maximum Gasteiger partial charge on any atom is 0.261 e. The highest BCUT2D eigenvalue weighted by molar-refractivity contribution is 6.33. The molecule has 0 fully saturated rings. The Hall–Kier alpha value is -4.40. The summed E-state index contributed by atoms with van der Waals surface area (Å²) >= 11 is 0. The first-order valence-corrected chi connectivity index (χ1v) is 9.85. The quantitative estimate of drug-likeness (QED) is 0.204. The average molecular weight is 432 g/mol. The van der Waals surface area contributed by atoms with Crippen LogP contribution in [0.1, 0.15) is 54.3 Å². The Morgan fingerprint density at radius 1 is 0.625 bits per heavy atom. The molecular weight excluding hydrogens is 416 g/mol. The van der Waals surface area contributed by atoms with E-state index in [0.717, 1.165) is 9.80 Å². The minimum absolute atomic E-state index is 0.0813. The van der Waals surface area contributed by atoms with Crippen LogP contribution in [0.4, 0.5) is 0 Å². The molecule has 0 unspecified atom stereocenters. The zero-order valence-corrected chi connectivity index (χ0v) is 16.8. The highest BCUT2D eigenvalue weighted by Crippen LogP contribution is 2.37. The van der Waals surface area contributed by atoms with E-state index in [2.05, 4.69) is 20.1 Å². The van der Waals surface area contributed by atoms with Gasteiger partial charge in [-0.15, -0.1) is 0 Å². The molecule has 2 aromatic carbocycles. The van der Waals surface area contributed by atoms with E-state index in [-0.39, 0.29) is 48.4 Å². The van der Waals surface area contributed by atoms with Gasteiger partial charge in [-0.05, 0) is 48.2 Å². The minimum Gasteiger partial charge on any atom is -0.274 e. The monoisotopic (exact) mass is 432 g/mol. The molecule has 0 bridgehead atoms. The fourth-order valence-corrected chi connectivity index (χ4v) is 4.07. The van der Waals surface area contributed by atoms with Crippen molar-refractivity contribution in [2.45, 2.75) is 12.8 Å². The normalized spacial score (nSPS) is 14.5. The average Bonchev–Trinajstić information content (AvgIpc) is 2.80. The summed E-state index contributed by atoms with van der Waals surface area (Å²) in [6.07, 6.45) is 0.635. The summed E-state index contributed by atoms with van der Waals surface area (Å²) in [5.74, 6) is -2.10. The number of amides is 4. The number of imide groups is 2. The zero-order chi connectivity index (χ0) is 22.8. The van der Waals surface area contributed by atoms with Crippen LogP contribution in [0.5, 0.6) is 0 Å². The molecular formula is C20H16N8O4. The van der Waals surface area contributed by atoms with Crippen molar-refractivity contribution in [3.8, 4) is 0 Å². The van der Waals surface area contributed by atoms with E-state index in [0.29, 0.717) is 23.6 Å². The molecule has 12 heteroatoms. The van der Waals surface area contributed by atoms with Gasteiger partial charge in [0.1, 0.15) is 0 Å². The molecule has 2 heterocycles. The highest BCUT2D eigenvalue weighted by atomic mass is 16.2. The first-order valence-electron chi connectivity index (χ1n) is 9.85. The second kappa shape index (κ2) is 8.38. The SMILES string of the molecule is [N-]=[N+]=NCCCN1C(=O)c2ccc3c4c(ccc(c24)C1=O)C(=O)N(CCCN=[N+]=[N-])C3=O. The van der Waals surface area contributed by atoms with Crippen molar-refractivity contribution in [2.75, 3.05) is 26.2 Å². The van der Waals surface area contributed by atoms with Crippen LogP contribution in [0.25, 0.3) is 31.7 Å². The Labute approximate surface area is 180 Å². The number of carbonyl (C=O) groups is 4. The molecule has 0 aliphatic carbocycles. The molecule has 4 amide bonds. The van der Waals surface area contributed by atoms with Gasteiger partial charge in [-0.2, -0.15) is 0 Å². The summed E-state index contributed by atoms with van der Waals surface area (Å²) in [5.41, 5.74) is 17.7. The summed E-state index contributed by atoms with van der Waals surface area (Å²) in [7, 11) is 0. The molecule has 0 saturated heterocycles. The molecule has 0 spiro atoms. The molecule has 2 aliphatic heterocycles. The lowest BCUT2D eigenvalue weighted by molar-refractivity contribution is 0.0588. The third-order valence-electron chi connectivity index (χ3n) is 5.47. The predicted molar refractivity (Wildman–Crippen MR) is 112 cm³/mol. The van der Waals surface area contributed by atoms with Crippen molar-refractivity contribution in [1.82, 2.24) is 9.80 Å². The van der Waals surface area contributed by atoms with Gasteiger partial charge >= 0.3 is 0 Å². The van der Waals surface area contributed by atoms with Crippen molar-refractivity contribution >= 4 is 34.4 Å². The first kappa shape index (κ1) is 20.9. The summed E-state index contributed by atoms with van der Waals surface area (Å²) in [4.78, 5) is 59.6. The van der Waals surface area contributed by atoms with Crippen molar-refractivity contribution in [2.24, 2.45) is 10.2 Å². The van der Waals surface area contributed by atoms with Crippen LogP contribution in [-0.4, -0.2) is 59.6 Å². The number of carbonyl (C=O) groups excluding carboxylic acids is 4. The number of hydrogen-bond donors (Lipinski definition) is 0. The Morgan fingerprint density at radius 2 is 0.938 bits per heavy atom. The van der Waals surface area contributed by atoms with E-state index in [1.807, 2.05) is 0 Å². The van der Waals surface area contributed by atoms with Gasteiger partial charge in [0.2, 0.25) is 0 Å². The summed E-state index contributed by atoms with van der Waals surface area (Å²) in [6.45, 7) is 0.453. The lowest BCUT2D eigenvalue weighted by atomic mass is 9.86. The van der Waals surface area contributed by atoms with E-state index in [9.17, 15) is 19.2 Å². The molecule has 32 heavy (non-hydrogen) atoms. The van der Waals surface area contributed by atoms with Crippen LogP contribution in [0.3, 0.4) is 0 Å². The molecule has 4 rings (SSSR count). The molecule has 2 aromatic rings. The molecule has 12 nitrogen and oxygen atoms in total. The van der Waals surface area contributed by atoms with Crippen molar-refractivity contribution < 1.29 is 19.2 Å². The third kappa shape index (κ3) is 3.20. The smallest absolute Gasteiger partial charge is 0.261 e. The van der Waals surface area contributed by atoms with E-state index in [1.165, 1.54) is 24.3 Å². The number of nitrogens with zero attached hydrogens (tertiary/aromatic N) is 8. The molecule has 0 radical (unpaired) electrons. The lowest BCUT2D eigenvalue weighted by Crippen LogP contribution is -2.44. The van der Waals surface area contributed by atoms with Crippen molar-refractivity contribution in [3.63, 3.8) is 0 Å². The zero-order valence-electron chi connectivity index (χ0n) is 16.8. The van der Waals surface area contributed by atoms with Crippen LogP contribution in [0.2, 0.25) is 0 Å². The van der Waals surface area contributed by atoms with E-state index < -0.39 is 23.6 Å². The Bertz CT molecular complexity index is 1120. The Kier molecular flexibility index (Phi) is 5.46. The van der Waals surface area contributed by atoms with E-state index in [1.54, 1.807) is 0 Å². The van der Waals surface area contributed by atoms with Gasteiger partial charge in [-0.25, -0.2) is 0 Å². The number of rotatable bonds is 8. The van der Waals surface area contributed by atoms with Gasteiger partial charge in [0.25, 0.3) is 23.6 Å². The second-order valence-corrected chi connectivity index (χ2v) is 7.21. The van der Waals surface area contributed by atoms with Crippen LogP contribution in [0, 0.1) is 0 Å². The standard InChI is InChI=1S/C20H16N8O4/c21-25-23-7-1-9-27-17(29)11-3-5-13-16-14(6-4-12(15(11)16)18(27)30)20(32)28(19(13)31)10-2-8-24-26-22/h3-6H,1-2,7-10H2. The summed E-state index contributed by atoms with van der Waals surface area (Å²) in [5, 5.41) is 7.43. The van der Waals surface area contributed by atoms with Gasteiger partial charge in [-0.3, -0.25) is 29.0 Å². The second-order valence-electron chi connectivity index (χ2n) is 7.21. The van der Waals surface area contributed by atoms with Crippen LogP contribution in [-0.2, 0) is 0 Å². The van der Waals surface area contributed by atoms with Gasteiger partial charge in [0.15, 0.2) is 0 Å². The third-order valence-corrected chi connectivity index (χ3v) is 5.47. The Morgan fingerprint density at radius 3 is 1.22 bits per heavy atom. The molecule has 0 aromatic heterocycles. The number of azide groups is 2. The van der Waals surface area contributed by atoms with E-state index >= 15 is 0 Å². The minimum atomic E-state index is -0.524. The van der Waals surface area contributed by atoms with Gasteiger partial charge in [-0.1, -0.05) is 10.2 Å². The molecule has 2 aliphatic rings. The topological polar surface area (TPSA) is 172 Å². The fraction of sp³-hybridized carbons (Fsp3) is 0.300. The van der Waals surface area contributed by atoms with E-state index in [4.69, 9.17) is 11.1 Å². The van der Waals surface area contributed by atoms with Gasteiger partial charge in [0.05, 0.1) is 0 Å². The van der Waals surface area contributed by atoms with Crippen LogP contribution in [0.15, 0.2) is 34.5 Å². The fourth-order valence-electron chi connectivity index (χ4n) is 4.07. The Balaban J connectivity index is 1.75. The van der Waals surface area contributed by atoms with Crippen LogP contribution < -0.4 is 0 Å². The molecule has 160 valence electrons. The molecule has 0 atom stereocenters. The number of benzene rings is 2.